The Bertz CT molecular complexity index is 329. The number of hydrogen-bond donors (Lipinski definition) is 2. The summed E-state index contributed by atoms with van der Waals surface area (Å²) in [5.41, 5.74) is 11.3. The summed E-state index contributed by atoms with van der Waals surface area (Å²) in [6.45, 7) is -0.207. The second-order valence-electron chi connectivity index (χ2n) is 3.72. The minimum absolute atomic E-state index is 0.100. The van der Waals surface area contributed by atoms with Crippen molar-refractivity contribution in [3.8, 4) is 0 Å². The van der Waals surface area contributed by atoms with E-state index in [1.807, 2.05) is 30.3 Å². The average Bonchev–Trinajstić information content (AvgIpc) is 2.18. The van der Waals surface area contributed by atoms with E-state index in [-0.39, 0.29) is 13.1 Å². The molecule has 5 heteroatoms. The van der Waals surface area contributed by atoms with Crippen LogP contribution in [-0.4, -0.2) is 23.6 Å². The summed E-state index contributed by atoms with van der Waals surface area (Å²) in [7, 11) is 0. The van der Waals surface area contributed by atoms with Crippen LogP contribution in [0, 0.1) is 10.1 Å². The second kappa shape index (κ2) is 4.86. The summed E-state index contributed by atoms with van der Waals surface area (Å²) in [5, 5.41) is 10.4. The molecule has 0 aliphatic rings. The Morgan fingerprint density at radius 3 is 2.40 bits per heavy atom. The number of rotatable bonds is 5. The van der Waals surface area contributed by atoms with E-state index in [1.165, 1.54) is 0 Å². The fourth-order valence-electron chi connectivity index (χ4n) is 1.45. The first-order valence-electron chi connectivity index (χ1n) is 4.70. The van der Waals surface area contributed by atoms with Gasteiger partial charge in [-0.05, 0) is 12.0 Å². The third kappa shape index (κ3) is 3.65. The highest BCUT2D eigenvalue weighted by molar-refractivity contribution is 5.17. The monoisotopic (exact) mass is 209 g/mol. The van der Waals surface area contributed by atoms with Crippen molar-refractivity contribution < 1.29 is 4.92 Å². The molecule has 0 aromatic heterocycles. The van der Waals surface area contributed by atoms with Gasteiger partial charge in [0.05, 0.1) is 5.54 Å². The Morgan fingerprint density at radius 2 is 1.93 bits per heavy atom. The molecule has 0 radical (unpaired) electrons. The molecule has 0 spiro atoms. The van der Waals surface area contributed by atoms with Gasteiger partial charge in [0.15, 0.2) is 0 Å². The number of nitro groups is 1. The maximum absolute atomic E-state index is 10.4. The zero-order valence-corrected chi connectivity index (χ0v) is 8.43. The fourth-order valence-corrected chi connectivity index (χ4v) is 1.45. The van der Waals surface area contributed by atoms with Gasteiger partial charge in [0.2, 0.25) is 6.54 Å². The zero-order chi connectivity index (χ0) is 11.3. The number of hydrogen-bond acceptors (Lipinski definition) is 4. The van der Waals surface area contributed by atoms with Gasteiger partial charge in [-0.25, -0.2) is 0 Å². The lowest BCUT2D eigenvalue weighted by Gasteiger charge is -2.23. The first-order valence-corrected chi connectivity index (χ1v) is 4.70. The lowest BCUT2D eigenvalue weighted by molar-refractivity contribution is -0.489. The lowest BCUT2D eigenvalue weighted by atomic mass is 9.92. The van der Waals surface area contributed by atoms with Gasteiger partial charge in [0.1, 0.15) is 0 Å². The van der Waals surface area contributed by atoms with Crippen LogP contribution in [0.2, 0.25) is 0 Å². The van der Waals surface area contributed by atoms with E-state index >= 15 is 0 Å². The SMILES string of the molecule is NCC(N)(Cc1ccccc1)C[N+](=O)[O-]. The van der Waals surface area contributed by atoms with Crippen molar-refractivity contribution in [3.63, 3.8) is 0 Å². The van der Waals surface area contributed by atoms with Crippen LogP contribution in [0.3, 0.4) is 0 Å². The van der Waals surface area contributed by atoms with E-state index in [1.54, 1.807) is 0 Å². The van der Waals surface area contributed by atoms with Crippen LogP contribution in [-0.2, 0) is 6.42 Å². The molecule has 0 saturated carbocycles. The highest BCUT2D eigenvalue weighted by Crippen LogP contribution is 2.10. The van der Waals surface area contributed by atoms with Crippen molar-refractivity contribution in [2.75, 3.05) is 13.1 Å². The van der Waals surface area contributed by atoms with E-state index < -0.39 is 10.5 Å². The summed E-state index contributed by atoms with van der Waals surface area (Å²) in [6, 6.07) is 9.41. The van der Waals surface area contributed by atoms with Crippen molar-refractivity contribution in [2.45, 2.75) is 12.0 Å². The summed E-state index contributed by atoms with van der Waals surface area (Å²) >= 11 is 0. The van der Waals surface area contributed by atoms with E-state index in [0.29, 0.717) is 6.42 Å². The van der Waals surface area contributed by atoms with Gasteiger partial charge in [-0.3, -0.25) is 10.1 Å². The van der Waals surface area contributed by atoms with E-state index in [4.69, 9.17) is 11.5 Å². The molecular weight excluding hydrogens is 194 g/mol. The molecule has 0 saturated heterocycles. The second-order valence-corrected chi connectivity index (χ2v) is 3.72. The van der Waals surface area contributed by atoms with Crippen LogP contribution in [0.1, 0.15) is 5.56 Å². The Morgan fingerprint density at radius 1 is 1.33 bits per heavy atom. The molecule has 1 aromatic rings. The van der Waals surface area contributed by atoms with Gasteiger partial charge in [0.25, 0.3) is 0 Å². The highest BCUT2D eigenvalue weighted by atomic mass is 16.6. The minimum Gasteiger partial charge on any atom is -0.328 e. The summed E-state index contributed by atoms with van der Waals surface area (Å²) in [5.74, 6) is 0. The Labute approximate surface area is 88.2 Å². The number of nitrogens with two attached hydrogens (primary N) is 2. The molecule has 0 fully saturated rings. The first-order chi connectivity index (χ1) is 7.06. The predicted molar refractivity (Wildman–Crippen MR) is 58.0 cm³/mol. The minimum atomic E-state index is -0.954. The maximum Gasteiger partial charge on any atom is 0.223 e. The molecule has 0 heterocycles. The quantitative estimate of drug-likeness (QED) is 0.533. The third-order valence-corrected chi connectivity index (χ3v) is 2.25. The van der Waals surface area contributed by atoms with E-state index in [0.717, 1.165) is 5.56 Å². The van der Waals surface area contributed by atoms with Gasteiger partial charge < -0.3 is 11.5 Å². The molecule has 0 bridgehead atoms. The molecule has 0 aliphatic heterocycles. The van der Waals surface area contributed by atoms with Gasteiger partial charge in [0, 0.05) is 11.5 Å². The summed E-state index contributed by atoms with van der Waals surface area (Å²) < 4.78 is 0. The molecule has 0 amide bonds. The van der Waals surface area contributed by atoms with Gasteiger partial charge in [-0.1, -0.05) is 30.3 Å². The summed E-state index contributed by atoms with van der Waals surface area (Å²) in [6.07, 6.45) is 0.422. The predicted octanol–water partition coefficient (Wildman–Crippen LogP) is 0.162. The molecule has 1 atom stereocenters. The van der Waals surface area contributed by atoms with Crippen molar-refractivity contribution in [3.05, 3.63) is 46.0 Å². The number of benzene rings is 1. The zero-order valence-electron chi connectivity index (χ0n) is 8.43. The van der Waals surface area contributed by atoms with Gasteiger partial charge in [-0.2, -0.15) is 0 Å². The van der Waals surface area contributed by atoms with Crippen LogP contribution in [0.25, 0.3) is 0 Å². The molecule has 1 rings (SSSR count). The van der Waals surface area contributed by atoms with Crippen LogP contribution >= 0.6 is 0 Å². The van der Waals surface area contributed by atoms with Crippen LogP contribution < -0.4 is 11.5 Å². The van der Waals surface area contributed by atoms with Crippen molar-refractivity contribution in [2.24, 2.45) is 11.5 Å². The topological polar surface area (TPSA) is 95.2 Å². The Balaban J connectivity index is 2.72. The summed E-state index contributed by atoms with van der Waals surface area (Å²) in [4.78, 5) is 10.0. The van der Waals surface area contributed by atoms with Crippen LogP contribution in [0.15, 0.2) is 30.3 Å². The van der Waals surface area contributed by atoms with Crippen LogP contribution in [0.4, 0.5) is 0 Å². The lowest BCUT2D eigenvalue weighted by Crippen LogP contribution is -2.54. The Hall–Kier alpha value is -1.46. The molecule has 5 nitrogen and oxygen atoms in total. The Kier molecular flexibility index (Phi) is 3.76. The average molecular weight is 209 g/mol. The van der Waals surface area contributed by atoms with Crippen molar-refractivity contribution in [1.82, 2.24) is 0 Å². The molecule has 4 N–H and O–H groups in total. The van der Waals surface area contributed by atoms with Gasteiger partial charge in [-0.15, -0.1) is 0 Å². The number of nitrogens with zero attached hydrogens (tertiary/aromatic N) is 1. The largest absolute Gasteiger partial charge is 0.328 e. The fraction of sp³-hybridized carbons (Fsp3) is 0.400. The third-order valence-electron chi connectivity index (χ3n) is 2.25. The van der Waals surface area contributed by atoms with Crippen molar-refractivity contribution in [1.29, 1.82) is 0 Å². The smallest absolute Gasteiger partial charge is 0.223 e. The molecule has 1 aromatic carbocycles. The molecule has 15 heavy (non-hydrogen) atoms. The highest BCUT2D eigenvalue weighted by Gasteiger charge is 2.29. The first kappa shape index (κ1) is 11.6. The molecule has 0 aliphatic carbocycles. The maximum atomic E-state index is 10.4. The molecule has 1 unspecified atom stereocenters. The standard InChI is InChI=1S/C10H15N3O2/c11-7-10(12,8-13(14)15)6-9-4-2-1-3-5-9/h1-5H,6-8,11-12H2. The van der Waals surface area contributed by atoms with Gasteiger partial charge >= 0.3 is 0 Å². The normalized spacial score (nSPS) is 14.5. The molecular formula is C10H15N3O2. The van der Waals surface area contributed by atoms with Crippen LogP contribution in [0.5, 0.6) is 0 Å². The molecule has 82 valence electrons. The van der Waals surface area contributed by atoms with E-state index in [9.17, 15) is 10.1 Å². The van der Waals surface area contributed by atoms with Crippen molar-refractivity contribution >= 4 is 0 Å². The van der Waals surface area contributed by atoms with E-state index in [2.05, 4.69) is 0 Å².